The largest absolute Gasteiger partial charge is 0.316 e. The number of rotatable bonds is 4. The molecule has 8 heteroatoms. The van der Waals surface area contributed by atoms with Crippen molar-refractivity contribution in [2.75, 3.05) is 7.05 Å². The van der Waals surface area contributed by atoms with Gasteiger partial charge in [-0.2, -0.15) is 0 Å². The smallest absolute Gasteiger partial charge is 0.314 e. The Hall–Kier alpha value is -2.48. The van der Waals surface area contributed by atoms with E-state index in [9.17, 15) is 19.7 Å². The maximum absolute atomic E-state index is 11.6. The molecule has 8 nitrogen and oxygen atoms in total. The maximum Gasteiger partial charge on any atom is 0.314 e. The second kappa shape index (κ2) is 5.72. The van der Waals surface area contributed by atoms with Gasteiger partial charge in [-0.05, 0) is 27.8 Å². The van der Waals surface area contributed by atoms with E-state index in [1.807, 2.05) is 25.8 Å². The minimum atomic E-state index is -0.825. The number of benzene rings is 1. The summed E-state index contributed by atoms with van der Waals surface area (Å²) in [5.74, 6) is 0. The molecule has 0 aliphatic carbocycles. The third-order valence-electron chi connectivity index (χ3n) is 3.87. The van der Waals surface area contributed by atoms with Crippen molar-refractivity contribution in [2.24, 2.45) is 0 Å². The van der Waals surface area contributed by atoms with Crippen LogP contribution in [0.3, 0.4) is 0 Å². The van der Waals surface area contributed by atoms with Crippen LogP contribution in [0.15, 0.2) is 15.7 Å². The molecule has 0 bridgehead atoms. The zero-order valence-corrected chi connectivity index (χ0v) is 12.9. The van der Waals surface area contributed by atoms with Crippen LogP contribution >= 0.6 is 0 Å². The molecule has 0 amide bonds. The molecule has 0 radical (unpaired) electrons. The third-order valence-corrected chi connectivity index (χ3v) is 3.87. The van der Waals surface area contributed by atoms with Crippen molar-refractivity contribution in [1.82, 2.24) is 14.9 Å². The van der Waals surface area contributed by atoms with E-state index in [1.54, 1.807) is 6.92 Å². The van der Waals surface area contributed by atoms with E-state index in [1.165, 1.54) is 6.07 Å². The average molecular weight is 306 g/mol. The van der Waals surface area contributed by atoms with E-state index >= 15 is 0 Å². The first-order valence-corrected chi connectivity index (χ1v) is 6.85. The van der Waals surface area contributed by atoms with Gasteiger partial charge in [-0.1, -0.05) is 0 Å². The highest BCUT2D eigenvalue weighted by molar-refractivity contribution is 5.82. The zero-order valence-electron chi connectivity index (χ0n) is 12.9. The lowest BCUT2D eigenvalue weighted by Gasteiger charge is -2.22. The lowest BCUT2D eigenvalue weighted by atomic mass is 10.0. The summed E-state index contributed by atoms with van der Waals surface area (Å²) in [4.78, 5) is 40.7. The van der Waals surface area contributed by atoms with Crippen molar-refractivity contribution in [3.8, 4) is 0 Å². The second-order valence-electron chi connectivity index (χ2n) is 5.60. The number of fused-ring (bicyclic) bond motifs is 1. The second-order valence-corrected chi connectivity index (χ2v) is 5.60. The van der Waals surface area contributed by atoms with Gasteiger partial charge in [-0.15, -0.1) is 0 Å². The molecule has 1 aromatic heterocycles. The van der Waals surface area contributed by atoms with Crippen LogP contribution in [-0.4, -0.2) is 32.9 Å². The average Bonchev–Trinajstić information content (AvgIpc) is 2.43. The van der Waals surface area contributed by atoms with Crippen LogP contribution in [0.25, 0.3) is 11.0 Å². The molecule has 0 atom stereocenters. The number of nitro benzene ring substituents is 1. The maximum atomic E-state index is 11.6. The van der Waals surface area contributed by atoms with Crippen molar-refractivity contribution in [1.29, 1.82) is 0 Å². The first-order valence-electron chi connectivity index (χ1n) is 6.85. The number of nitrogens with one attached hydrogen (secondary N) is 2. The zero-order chi connectivity index (χ0) is 16.6. The van der Waals surface area contributed by atoms with Gasteiger partial charge < -0.3 is 9.97 Å². The lowest BCUT2D eigenvalue weighted by molar-refractivity contribution is -0.385. The monoisotopic (exact) mass is 306 g/mol. The fraction of sp³-hybridized carbons (Fsp3) is 0.429. The quantitative estimate of drug-likeness (QED) is 0.502. The van der Waals surface area contributed by atoms with Crippen molar-refractivity contribution in [3.63, 3.8) is 0 Å². The minimum Gasteiger partial charge on any atom is -0.316 e. The topological polar surface area (TPSA) is 112 Å². The molecule has 1 heterocycles. The number of nitro groups is 1. The van der Waals surface area contributed by atoms with Gasteiger partial charge in [-0.3, -0.25) is 24.6 Å². The Kier molecular flexibility index (Phi) is 4.14. The first kappa shape index (κ1) is 15.9. The Morgan fingerprint density at radius 2 is 1.86 bits per heavy atom. The molecule has 2 aromatic rings. The molecule has 0 unspecified atom stereocenters. The van der Waals surface area contributed by atoms with Crippen LogP contribution in [0.5, 0.6) is 0 Å². The molecular formula is C14H18N4O4. The van der Waals surface area contributed by atoms with E-state index in [2.05, 4.69) is 9.97 Å². The molecule has 1 aromatic carbocycles. The number of aromatic nitrogens is 2. The van der Waals surface area contributed by atoms with Gasteiger partial charge in [0.1, 0.15) is 0 Å². The van der Waals surface area contributed by atoms with E-state index in [0.717, 1.165) is 0 Å². The standard InChI is InChI=1S/C14H18N4O4/c1-7(2)17(4)6-9-8(3)11(18(21)22)5-10-12(9)16-14(20)13(19)15-10/h5,7H,6H2,1-4H3,(H,15,19)(H,16,20). The summed E-state index contributed by atoms with van der Waals surface area (Å²) in [6.45, 7) is 6.06. The Morgan fingerprint density at radius 1 is 1.27 bits per heavy atom. The number of hydrogen-bond donors (Lipinski definition) is 2. The van der Waals surface area contributed by atoms with Crippen LogP contribution in [0.2, 0.25) is 0 Å². The van der Waals surface area contributed by atoms with Crippen LogP contribution < -0.4 is 11.1 Å². The lowest BCUT2D eigenvalue weighted by Crippen LogP contribution is -2.30. The van der Waals surface area contributed by atoms with Crippen LogP contribution in [0.1, 0.15) is 25.0 Å². The molecule has 0 aliphatic heterocycles. The predicted molar refractivity (Wildman–Crippen MR) is 83.2 cm³/mol. The normalized spacial score (nSPS) is 11.5. The fourth-order valence-electron chi connectivity index (χ4n) is 2.23. The van der Waals surface area contributed by atoms with Crippen molar-refractivity contribution in [2.45, 2.75) is 33.4 Å². The van der Waals surface area contributed by atoms with Gasteiger partial charge in [0.25, 0.3) is 5.69 Å². The van der Waals surface area contributed by atoms with E-state index in [-0.39, 0.29) is 17.2 Å². The Bertz CT molecular complexity index is 850. The van der Waals surface area contributed by atoms with Crippen molar-refractivity contribution >= 4 is 16.7 Å². The molecule has 0 spiro atoms. The summed E-state index contributed by atoms with van der Waals surface area (Å²) in [7, 11) is 1.89. The Balaban J connectivity index is 2.82. The number of nitrogens with zero attached hydrogens (tertiary/aromatic N) is 2. The summed E-state index contributed by atoms with van der Waals surface area (Å²) in [6, 6.07) is 1.50. The molecule has 0 aliphatic rings. The molecule has 22 heavy (non-hydrogen) atoms. The molecule has 0 saturated carbocycles. The molecule has 118 valence electrons. The summed E-state index contributed by atoms with van der Waals surface area (Å²) in [5, 5.41) is 11.2. The van der Waals surface area contributed by atoms with E-state index in [0.29, 0.717) is 23.2 Å². The molecule has 0 saturated heterocycles. The highest BCUT2D eigenvalue weighted by Gasteiger charge is 2.20. The van der Waals surface area contributed by atoms with Gasteiger partial charge in [0.2, 0.25) is 0 Å². The van der Waals surface area contributed by atoms with Gasteiger partial charge in [-0.25, -0.2) is 0 Å². The third kappa shape index (κ3) is 2.77. The minimum absolute atomic E-state index is 0.0812. The molecular weight excluding hydrogens is 288 g/mol. The van der Waals surface area contributed by atoms with Crippen LogP contribution in [-0.2, 0) is 6.54 Å². The van der Waals surface area contributed by atoms with Crippen molar-refractivity contribution in [3.05, 3.63) is 48.0 Å². The van der Waals surface area contributed by atoms with Gasteiger partial charge in [0, 0.05) is 29.8 Å². The Morgan fingerprint density at radius 3 is 2.41 bits per heavy atom. The van der Waals surface area contributed by atoms with E-state index < -0.39 is 16.0 Å². The molecule has 2 N–H and O–H groups in total. The summed E-state index contributed by atoms with van der Waals surface area (Å²) < 4.78 is 0. The van der Waals surface area contributed by atoms with E-state index in [4.69, 9.17) is 0 Å². The highest BCUT2D eigenvalue weighted by Crippen LogP contribution is 2.28. The SMILES string of the molecule is Cc1c([N+](=O)[O-])cc2[nH]c(=O)c(=O)[nH]c2c1CN(C)C(C)C. The molecule has 2 rings (SSSR count). The van der Waals surface area contributed by atoms with Gasteiger partial charge in [0.15, 0.2) is 0 Å². The summed E-state index contributed by atoms with van der Waals surface area (Å²) in [6.07, 6.45) is 0. The first-order chi connectivity index (χ1) is 10.2. The van der Waals surface area contributed by atoms with Crippen LogP contribution in [0.4, 0.5) is 5.69 Å². The summed E-state index contributed by atoms with van der Waals surface area (Å²) in [5.41, 5.74) is 0.126. The molecule has 0 fully saturated rings. The predicted octanol–water partition coefficient (Wildman–Crippen LogP) is 1.27. The fourth-order valence-corrected chi connectivity index (χ4v) is 2.23. The summed E-state index contributed by atoms with van der Waals surface area (Å²) >= 11 is 0. The number of hydrogen-bond acceptors (Lipinski definition) is 5. The number of H-pyrrole nitrogens is 2. The van der Waals surface area contributed by atoms with Gasteiger partial charge in [0.05, 0.1) is 16.0 Å². The van der Waals surface area contributed by atoms with Crippen LogP contribution in [0, 0.1) is 17.0 Å². The van der Waals surface area contributed by atoms with Crippen molar-refractivity contribution < 1.29 is 4.92 Å². The number of aromatic amines is 2. The Labute approximate surface area is 125 Å². The van der Waals surface area contributed by atoms with Gasteiger partial charge >= 0.3 is 11.1 Å². The highest BCUT2D eigenvalue weighted by atomic mass is 16.6.